The molecule has 5 N–H and O–H groups in total. The van der Waals surface area contributed by atoms with Crippen LogP contribution in [0.3, 0.4) is 0 Å². The van der Waals surface area contributed by atoms with Gasteiger partial charge in [-0.25, -0.2) is 9.37 Å². The zero-order valence-electron chi connectivity index (χ0n) is 18.7. The Morgan fingerprint density at radius 2 is 1.83 bits per heavy atom. The van der Waals surface area contributed by atoms with Gasteiger partial charge in [0.25, 0.3) is 5.91 Å². The fourth-order valence-corrected chi connectivity index (χ4v) is 3.79. The van der Waals surface area contributed by atoms with Gasteiger partial charge in [-0.15, -0.1) is 0 Å². The number of rotatable bonds is 8. The topological polar surface area (TPSA) is 146 Å². The number of methoxy groups -OCH3 is 1. The molecule has 0 radical (unpaired) electrons. The van der Waals surface area contributed by atoms with Crippen LogP contribution in [-0.2, 0) is 16.9 Å². The van der Waals surface area contributed by atoms with Crippen molar-refractivity contribution in [3.8, 4) is 5.75 Å². The second-order valence-electron chi connectivity index (χ2n) is 7.33. The van der Waals surface area contributed by atoms with Gasteiger partial charge in [-0.3, -0.25) is 9.36 Å². The number of amides is 1. The van der Waals surface area contributed by atoms with Crippen LogP contribution in [0, 0.1) is 5.82 Å². The molecule has 0 fully saturated rings. The highest BCUT2D eigenvalue weighted by Gasteiger charge is 2.35. The number of halogens is 4. The van der Waals surface area contributed by atoms with Crippen molar-refractivity contribution in [1.29, 1.82) is 0 Å². The van der Waals surface area contributed by atoms with Crippen molar-refractivity contribution in [2.75, 3.05) is 24.8 Å². The molecule has 0 saturated carbocycles. The molecule has 10 nitrogen and oxygen atoms in total. The molecule has 192 valence electrons. The molecular weight excluding hydrogens is 509 g/mol. The number of nitrogens with zero attached hydrogens (tertiary/aromatic N) is 2. The fraction of sp³-hybridized carbons (Fsp3) is 0.190. The van der Waals surface area contributed by atoms with E-state index in [-0.39, 0.29) is 34.2 Å². The average molecular weight is 529 g/mol. The maximum Gasteiger partial charge on any atom is 0.421 e. The maximum absolute atomic E-state index is 13.8. The monoisotopic (exact) mass is 529 g/mol. The lowest BCUT2D eigenvalue weighted by molar-refractivity contribution is -0.137. The van der Waals surface area contributed by atoms with E-state index in [1.165, 1.54) is 32.4 Å². The Balaban J connectivity index is 2.01. The Bertz CT molecular complexity index is 1330. The number of anilines is 4. The first kappa shape index (κ1) is 26.9. The molecule has 0 aliphatic heterocycles. The first-order valence-corrected chi connectivity index (χ1v) is 11.8. The van der Waals surface area contributed by atoms with E-state index in [9.17, 15) is 26.9 Å². The van der Waals surface area contributed by atoms with Crippen molar-refractivity contribution in [2.24, 2.45) is 0 Å². The molecule has 0 spiro atoms. The summed E-state index contributed by atoms with van der Waals surface area (Å²) in [6.45, 7) is 0. The van der Waals surface area contributed by atoms with Crippen molar-refractivity contribution in [1.82, 2.24) is 15.3 Å². The lowest BCUT2D eigenvalue weighted by atomic mass is 10.1. The molecule has 0 aliphatic rings. The third-order valence-electron chi connectivity index (χ3n) is 4.70. The van der Waals surface area contributed by atoms with Crippen molar-refractivity contribution in [2.45, 2.75) is 12.3 Å². The molecule has 0 aliphatic carbocycles. The predicted octanol–water partition coefficient (Wildman–Crippen LogP) is 4.17. The third kappa shape index (κ3) is 6.68. The number of aromatic nitrogens is 2. The predicted molar refractivity (Wildman–Crippen MR) is 122 cm³/mol. The van der Waals surface area contributed by atoms with Crippen molar-refractivity contribution >= 4 is 36.6 Å². The van der Waals surface area contributed by atoms with Gasteiger partial charge in [0.15, 0.2) is 0 Å². The normalized spacial score (nSPS) is 11.7. The zero-order valence-corrected chi connectivity index (χ0v) is 19.6. The molecule has 36 heavy (non-hydrogen) atoms. The van der Waals surface area contributed by atoms with Gasteiger partial charge < -0.3 is 30.5 Å². The number of nitrogens with one attached hydrogen (secondary N) is 3. The Hall–Kier alpha value is -3.74. The summed E-state index contributed by atoms with van der Waals surface area (Å²) in [5, 5.41) is 7.36. The highest BCUT2D eigenvalue weighted by Crippen LogP contribution is 2.41. The Morgan fingerprint density at radius 3 is 2.44 bits per heavy atom. The maximum atomic E-state index is 13.8. The summed E-state index contributed by atoms with van der Waals surface area (Å²) in [6, 6.07) is 7.05. The molecule has 1 aromatic heterocycles. The molecule has 0 bridgehead atoms. The molecule has 1 heterocycles. The fourth-order valence-electron chi connectivity index (χ4n) is 3.12. The van der Waals surface area contributed by atoms with Crippen LogP contribution in [0.1, 0.15) is 21.5 Å². The van der Waals surface area contributed by atoms with Gasteiger partial charge in [0, 0.05) is 13.2 Å². The highest BCUT2D eigenvalue weighted by atomic mass is 31.2. The van der Waals surface area contributed by atoms with Crippen LogP contribution in [0.4, 0.5) is 40.7 Å². The highest BCUT2D eigenvalue weighted by molar-refractivity contribution is 7.50. The van der Waals surface area contributed by atoms with E-state index in [0.29, 0.717) is 6.20 Å². The summed E-state index contributed by atoms with van der Waals surface area (Å²) in [6.07, 6.45) is -4.93. The number of hydrogen-bond donors (Lipinski definition) is 5. The molecule has 1 amide bonds. The molecule has 0 atom stereocenters. The van der Waals surface area contributed by atoms with Gasteiger partial charge in [-0.2, -0.15) is 18.2 Å². The molecule has 0 saturated heterocycles. The van der Waals surface area contributed by atoms with E-state index < -0.39 is 43.0 Å². The summed E-state index contributed by atoms with van der Waals surface area (Å²) < 4.78 is 71.2. The van der Waals surface area contributed by atoms with Gasteiger partial charge in [0.1, 0.15) is 22.9 Å². The van der Waals surface area contributed by atoms with Crippen LogP contribution in [-0.4, -0.2) is 39.8 Å². The summed E-state index contributed by atoms with van der Waals surface area (Å²) in [5.41, 5.74) is -1.21. The van der Waals surface area contributed by atoms with Gasteiger partial charge in [0.2, 0.25) is 5.95 Å². The van der Waals surface area contributed by atoms with E-state index in [0.717, 1.165) is 18.2 Å². The van der Waals surface area contributed by atoms with E-state index in [4.69, 9.17) is 14.5 Å². The summed E-state index contributed by atoms with van der Waals surface area (Å²) in [4.78, 5) is 38.0. The standard InChI is InChI=1S/C21H20F4N5O5P/c1-26-19(31)13-5-4-12(22)8-16(13)28-18-14(21(23,24)25)9-27-20(30-18)29-15-6-3-11(7-17(15)35-2)10-36(32,33)34/h3-9H,10H2,1-2H3,(H,26,31)(H2,32,33,34)(H2,27,28,29,30). The van der Waals surface area contributed by atoms with E-state index in [1.807, 2.05) is 0 Å². The zero-order chi connectivity index (χ0) is 26.7. The van der Waals surface area contributed by atoms with Crippen molar-refractivity contribution in [3.63, 3.8) is 0 Å². The number of carbonyl (C=O) groups is 1. The van der Waals surface area contributed by atoms with Crippen LogP contribution < -0.4 is 20.7 Å². The number of hydrogen-bond acceptors (Lipinski definition) is 7. The second-order valence-corrected chi connectivity index (χ2v) is 8.98. The minimum absolute atomic E-state index is 0.117. The Labute approximate surface area is 201 Å². The van der Waals surface area contributed by atoms with Gasteiger partial charge in [-0.05, 0) is 35.9 Å². The summed E-state index contributed by atoms with van der Waals surface area (Å²) in [7, 11) is -1.76. The molecular formula is C21H20F4N5O5P. The van der Waals surface area contributed by atoms with Crippen molar-refractivity contribution < 1.29 is 41.4 Å². The Kier molecular flexibility index (Phi) is 7.82. The number of benzene rings is 2. The number of carbonyl (C=O) groups excluding carboxylic acids is 1. The van der Waals surface area contributed by atoms with E-state index in [1.54, 1.807) is 0 Å². The Morgan fingerprint density at radius 1 is 1.11 bits per heavy atom. The number of ether oxygens (including phenoxy) is 1. The van der Waals surface area contributed by atoms with Crippen LogP contribution in [0.25, 0.3) is 0 Å². The van der Waals surface area contributed by atoms with Gasteiger partial charge in [0.05, 0.1) is 30.2 Å². The molecule has 15 heteroatoms. The minimum atomic E-state index is -4.89. The third-order valence-corrected chi connectivity index (χ3v) is 5.48. The molecule has 3 aromatic rings. The molecule has 2 aromatic carbocycles. The van der Waals surface area contributed by atoms with E-state index in [2.05, 4.69) is 25.9 Å². The first-order valence-electron chi connectivity index (χ1n) is 10.0. The van der Waals surface area contributed by atoms with Gasteiger partial charge in [-0.1, -0.05) is 6.07 Å². The van der Waals surface area contributed by atoms with Crippen LogP contribution in [0.15, 0.2) is 42.6 Å². The lowest BCUT2D eigenvalue weighted by Gasteiger charge is -2.17. The summed E-state index contributed by atoms with van der Waals surface area (Å²) >= 11 is 0. The van der Waals surface area contributed by atoms with E-state index >= 15 is 0 Å². The average Bonchev–Trinajstić information content (AvgIpc) is 2.78. The SMILES string of the molecule is CNC(=O)c1ccc(F)cc1Nc1nc(Nc2ccc(CP(=O)(O)O)cc2OC)ncc1C(F)(F)F. The molecule has 0 unspecified atom stereocenters. The van der Waals surface area contributed by atoms with Crippen LogP contribution in [0.5, 0.6) is 5.75 Å². The molecule has 3 rings (SSSR count). The lowest BCUT2D eigenvalue weighted by Crippen LogP contribution is -2.20. The quantitative estimate of drug-likeness (QED) is 0.214. The van der Waals surface area contributed by atoms with Gasteiger partial charge >= 0.3 is 13.8 Å². The largest absolute Gasteiger partial charge is 0.495 e. The van der Waals surface area contributed by atoms with Crippen LogP contribution in [0.2, 0.25) is 0 Å². The van der Waals surface area contributed by atoms with Crippen LogP contribution >= 0.6 is 7.60 Å². The number of alkyl halides is 3. The summed E-state index contributed by atoms with van der Waals surface area (Å²) in [5.74, 6) is -2.42. The van der Waals surface area contributed by atoms with Crippen molar-refractivity contribution in [3.05, 3.63) is 65.1 Å². The minimum Gasteiger partial charge on any atom is -0.495 e. The smallest absolute Gasteiger partial charge is 0.421 e. The first-order chi connectivity index (χ1) is 16.8. The second kappa shape index (κ2) is 10.5.